The monoisotopic (exact) mass is 310 g/mol. The number of carbonyl (C=O) groups is 2. The highest BCUT2D eigenvalue weighted by atomic mass is 32.1. The van der Waals surface area contributed by atoms with Gasteiger partial charge in [0.05, 0.1) is 6.42 Å². The van der Waals surface area contributed by atoms with E-state index >= 15 is 0 Å². The number of nitrogens with one attached hydrogen (secondary N) is 1. The largest absolute Gasteiger partial charge is 0.396 e. The molecule has 5 nitrogen and oxygen atoms in total. The van der Waals surface area contributed by atoms with Crippen molar-refractivity contribution in [2.75, 3.05) is 13.2 Å². The van der Waals surface area contributed by atoms with Crippen LogP contribution in [-0.4, -0.2) is 47.1 Å². The molecule has 2 N–H and O–H groups in total. The number of aliphatic hydroxyl groups excluding tert-OH is 1. The summed E-state index contributed by atoms with van der Waals surface area (Å²) < 4.78 is 0. The molecular formula is C15H22N2O3S. The van der Waals surface area contributed by atoms with Gasteiger partial charge >= 0.3 is 0 Å². The minimum atomic E-state index is -0.362. The van der Waals surface area contributed by atoms with Crippen LogP contribution in [0.2, 0.25) is 0 Å². The Kier molecular flexibility index (Phi) is 5.76. The van der Waals surface area contributed by atoms with Crippen molar-refractivity contribution >= 4 is 23.2 Å². The highest BCUT2D eigenvalue weighted by molar-refractivity contribution is 7.10. The number of amides is 2. The molecule has 0 spiro atoms. The number of aliphatic hydroxyl groups is 1. The SMILES string of the molecule is CC(CCO)NC(=O)C1CCCN1C(=O)Cc1cccs1. The second-order valence-electron chi connectivity index (χ2n) is 5.42. The fraction of sp³-hybridized carbons (Fsp3) is 0.600. The lowest BCUT2D eigenvalue weighted by Crippen LogP contribution is -2.48. The summed E-state index contributed by atoms with van der Waals surface area (Å²) >= 11 is 1.56. The Morgan fingerprint density at radius 3 is 3.05 bits per heavy atom. The van der Waals surface area contributed by atoms with Gasteiger partial charge in [0.1, 0.15) is 6.04 Å². The fourth-order valence-electron chi connectivity index (χ4n) is 2.61. The maximum atomic E-state index is 12.4. The van der Waals surface area contributed by atoms with Gasteiger partial charge in [-0.15, -0.1) is 11.3 Å². The van der Waals surface area contributed by atoms with Crippen molar-refractivity contribution in [1.29, 1.82) is 0 Å². The number of nitrogens with zero attached hydrogens (tertiary/aromatic N) is 1. The lowest BCUT2D eigenvalue weighted by molar-refractivity contribution is -0.138. The van der Waals surface area contributed by atoms with Crippen molar-refractivity contribution in [3.8, 4) is 0 Å². The highest BCUT2D eigenvalue weighted by Crippen LogP contribution is 2.20. The van der Waals surface area contributed by atoms with E-state index < -0.39 is 0 Å². The zero-order chi connectivity index (χ0) is 15.2. The molecule has 0 aromatic carbocycles. The summed E-state index contributed by atoms with van der Waals surface area (Å²) in [5.74, 6) is -0.0853. The summed E-state index contributed by atoms with van der Waals surface area (Å²) in [6.45, 7) is 2.56. The van der Waals surface area contributed by atoms with Crippen LogP contribution in [0.25, 0.3) is 0 Å². The van der Waals surface area contributed by atoms with Crippen LogP contribution in [0.3, 0.4) is 0 Å². The number of carbonyl (C=O) groups excluding carboxylic acids is 2. The summed E-state index contributed by atoms with van der Waals surface area (Å²) in [6.07, 6.45) is 2.48. The van der Waals surface area contributed by atoms with Crippen molar-refractivity contribution in [3.63, 3.8) is 0 Å². The van der Waals surface area contributed by atoms with E-state index in [2.05, 4.69) is 5.32 Å². The van der Waals surface area contributed by atoms with Crippen LogP contribution in [0.4, 0.5) is 0 Å². The first-order chi connectivity index (χ1) is 10.1. The van der Waals surface area contributed by atoms with Gasteiger partial charge in [-0.3, -0.25) is 9.59 Å². The average molecular weight is 310 g/mol. The molecule has 2 atom stereocenters. The molecule has 116 valence electrons. The maximum absolute atomic E-state index is 12.4. The van der Waals surface area contributed by atoms with Gasteiger partial charge in [-0.25, -0.2) is 0 Å². The van der Waals surface area contributed by atoms with E-state index in [9.17, 15) is 9.59 Å². The van der Waals surface area contributed by atoms with E-state index in [0.29, 0.717) is 25.8 Å². The number of hydrogen-bond donors (Lipinski definition) is 2. The zero-order valence-electron chi connectivity index (χ0n) is 12.2. The molecule has 0 radical (unpaired) electrons. The molecule has 6 heteroatoms. The fourth-order valence-corrected chi connectivity index (χ4v) is 3.30. The van der Waals surface area contributed by atoms with Crippen LogP contribution in [0.15, 0.2) is 17.5 Å². The van der Waals surface area contributed by atoms with Crippen molar-refractivity contribution in [3.05, 3.63) is 22.4 Å². The maximum Gasteiger partial charge on any atom is 0.243 e. The van der Waals surface area contributed by atoms with Crippen LogP contribution in [-0.2, 0) is 16.0 Å². The molecule has 1 saturated heterocycles. The van der Waals surface area contributed by atoms with Crippen molar-refractivity contribution in [1.82, 2.24) is 10.2 Å². The first-order valence-corrected chi connectivity index (χ1v) is 8.23. The molecule has 1 aromatic heterocycles. The predicted octanol–water partition coefficient (Wildman–Crippen LogP) is 1.17. The third-order valence-corrected chi connectivity index (χ3v) is 4.61. The molecule has 2 rings (SSSR count). The second-order valence-corrected chi connectivity index (χ2v) is 6.46. The Balaban J connectivity index is 1.93. The Hall–Kier alpha value is -1.40. The number of rotatable bonds is 6. The van der Waals surface area contributed by atoms with Crippen molar-refractivity contribution in [2.24, 2.45) is 0 Å². The molecule has 21 heavy (non-hydrogen) atoms. The molecule has 1 fully saturated rings. The number of thiophene rings is 1. The smallest absolute Gasteiger partial charge is 0.243 e. The van der Waals surface area contributed by atoms with Crippen molar-refractivity contribution in [2.45, 2.75) is 44.7 Å². The third-order valence-electron chi connectivity index (χ3n) is 3.73. The van der Waals surface area contributed by atoms with Crippen LogP contribution in [0, 0.1) is 0 Å². The molecule has 2 heterocycles. The van der Waals surface area contributed by atoms with Crippen LogP contribution in [0.5, 0.6) is 0 Å². The van der Waals surface area contributed by atoms with Gasteiger partial charge in [-0.05, 0) is 37.6 Å². The summed E-state index contributed by atoms with van der Waals surface area (Å²) in [5.41, 5.74) is 0. The van der Waals surface area contributed by atoms with Gasteiger partial charge in [0.25, 0.3) is 0 Å². The Labute approximate surface area is 129 Å². The Morgan fingerprint density at radius 1 is 1.57 bits per heavy atom. The normalized spacial score (nSPS) is 19.5. The van der Waals surface area contributed by atoms with E-state index in [1.54, 1.807) is 16.2 Å². The average Bonchev–Trinajstić information content (AvgIpc) is 3.09. The molecule has 2 amide bonds. The van der Waals surface area contributed by atoms with Crippen LogP contribution in [0.1, 0.15) is 31.1 Å². The molecular weight excluding hydrogens is 288 g/mol. The first-order valence-electron chi connectivity index (χ1n) is 7.35. The van der Waals surface area contributed by atoms with E-state index in [1.807, 2.05) is 24.4 Å². The van der Waals surface area contributed by atoms with E-state index in [4.69, 9.17) is 5.11 Å². The summed E-state index contributed by atoms with van der Waals surface area (Å²) in [7, 11) is 0. The number of hydrogen-bond acceptors (Lipinski definition) is 4. The molecule has 0 bridgehead atoms. The minimum Gasteiger partial charge on any atom is -0.396 e. The zero-order valence-corrected chi connectivity index (χ0v) is 13.1. The molecule has 0 saturated carbocycles. The Bertz CT molecular complexity index is 475. The third kappa shape index (κ3) is 4.28. The summed E-state index contributed by atoms with van der Waals surface area (Å²) in [4.78, 5) is 27.3. The molecule has 0 aliphatic carbocycles. The van der Waals surface area contributed by atoms with Gasteiger partial charge in [0.15, 0.2) is 0 Å². The predicted molar refractivity (Wildman–Crippen MR) is 82.1 cm³/mol. The van der Waals surface area contributed by atoms with E-state index in [1.165, 1.54) is 0 Å². The van der Waals surface area contributed by atoms with E-state index in [-0.39, 0.29) is 30.5 Å². The Morgan fingerprint density at radius 2 is 2.38 bits per heavy atom. The topological polar surface area (TPSA) is 69.6 Å². The second kappa shape index (κ2) is 7.56. The lowest BCUT2D eigenvalue weighted by Gasteiger charge is -2.25. The van der Waals surface area contributed by atoms with Crippen molar-refractivity contribution < 1.29 is 14.7 Å². The summed E-state index contributed by atoms with van der Waals surface area (Å²) in [6, 6.07) is 3.44. The lowest BCUT2D eigenvalue weighted by atomic mass is 10.1. The van der Waals surface area contributed by atoms with Gasteiger partial charge in [0, 0.05) is 24.1 Å². The number of likely N-dealkylation sites (tertiary alicyclic amines) is 1. The van der Waals surface area contributed by atoms with Gasteiger partial charge < -0.3 is 15.3 Å². The van der Waals surface area contributed by atoms with E-state index in [0.717, 1.165) is 11.3 Å². The standard InChI is InChI=1S/C15H22N2O3S/c1-11(6-8-18)16-15(20)13-5-2-7-17(13)14(19)10-12-4-3-9-21-12/h3-4,9,11,13,18H,2,5-8,10H2,1H3,(H,16,20). The quantitative estimate of drug-likeness (QED) is 0.828. The molecule has 1 aliphatic heterocycles. The van der Waals surface area contributed by atoms with Crippen LogP contribution < -0.4 is 5.32 Å². The molecule has 2 unspecified atom stereocenters. The van der Waals surface area contributed by atoms with Crippen LogP contribution >= 0.6 is 11.3 Å². The van der Waals surface area contributed by atoms with Gasteiger partial charge in [-0.2, -0.15) is 0 Å². The molecule has 1 aromatic rings. The van der Waals surface area contributed by atoms with Gasteiger partial charge in [0.2, 0.25) is 11.8 Å². The summed E-state index contributed by atoms with van der Waals surface area (Å²) in [5, 5.41) is 13.7. The first kappa shape index (κ1) is 16.0. The minimum absolute atomic E-state index is 0.0184. The molecule has 1 aliphatic rings. The van der Waals surface area contributed by atoms with Gasteiger partial charge in [-0.1, -0.05) is 6.07 Å². The highest BCUT2D eigenvalue weighted by Gasteiger charge is 2.34.